The lowest BCUT2D eigenvalue weighted by atomic mass is 10.0. The van der Waals surface area contributed by atoms with Crippen molar-refractivity contribution in [1.29, 1.82) is 5.26 Å². The van der Waals surface area contributed by atoms with Gasteiger partial charge in [-0.3, -0.25) is 14.4 Å². The zero-order valence-electron chi connectivity index (χ0n) is 8.84. The lowest BCUT2D eigenvalue weighted by Crippen LogP contribution is -2.12. The summed E-state index contributed by atoms with van der Waals surface area (Å²) in [6, 6.07) is 7.72. The van der Waals surface area contributed by atoms with E-state index >= 15 is 0 Å². The minimum absolute atomic E-state index is 0.294. The van der Waals surface area contributed by atoms with Gasteiger partial charge in [-0.1, -0.05) is 12.1 Å². The van der Waals surface area contributed by atoms with Gasteiger partial charge in [0.15, 0.2) is 11.6 Å². The van der Waals surface area contributed by atoms with Crippen molar-refractivity contribution in [2.75, 3.05) is 0 Å². The van der Waals surface area contributed by atoms with E-state index in [4.69, 9.17) is 10.4 Å². The second-order valence-electron chi connectivity index (χ2n) is 3.40. The van der Waals surface area contributed by atoms with Crippen molar-refractivity contribution in [2.45, 2.75) is 12.8 Å². The molecule has 0 heterocycles. The van der Waals surface area contributed by atoms with Crippen LogP contribution in [0.4, 0.5) is 0 Å². The molecule has 5 heteroatoms. The quantitative estimate of drug-likeness (QED) is 0.606. The first-order valence-corrected chi connectivity index (χ1v) is 4.80. The number of ketones is 2. The van der Waals surface area contributed by atoms with Gasteiger partial charge in [0.25, 0.3) is 0 Å². The number of Topliss-reactive ketones (excluding diaryl/α,β-unsaturated/α-hetero) is 2. The summed E-state index contributed by atoms with van der Waals surface area (Å²) < 4.78 is 0. The van der Waals surface area contributed by atoms with Crippen LogP contribution >= 0.6 is 0 Å². The van der Waals surface area contributed by atoms with E-state index in [0.717, 1.165) is 0 Å². The highest BCUT2D eigenvalue weighted by molar-refractivity contribution is 6.11. The molecule has 0 spiro atoms. The topological polar surface area (TPSA) is 95.2 Å². The molecule has 0 saturated carbocycles. The minimum Gasteiger partial charge on any atom is -0.481 e. The molecule has 17 heavy (non-hydrogen) atoms. The molecule has 5 nitrogen and oxygen atoms in total. The fourth-order valence-electron chi connectivity index (χ4n) is 1.24. The van der Waals surface area contributed by atoms with E-state index < -0.39 is 30.4 Å². The smallest absolute Gasteiger partial charge is 0.310 e. The maximum Gasteiger partial charge on any atom is 0.310 e. The van der Waals surface area contributed by atoms with Crippen molar-refractivity contribution in [2.24, 2.45) is 0 Å². The molecule has 1 N–H and O–H groups in total. The molecule has 0 aliphatic carbocycles. The first-order chi connectivity index (χ1) is 8.02. The number of benzene rings is 1. The first kappa shape index (κ1) is 12.6. The molecule has 0 aliphatic heterocycles. The number of hydrogen-bond donors (Lipinski definition) is 1. The average Bonchev–Trinajstić information content (AvgIpc) is 2.28. The molecule has 1 rings (SSSR count). The van der Waals surface area contributed by atoms with Gasteiger partial charge in [-0.2, -0.15) is 5.26 Å². The SMILES string of the molecule is N#Cc1ccc(C(=O)CC(=O)CC(=O)O)cc1. The van der Waals surface area contributed by atoms with Crippen LogP contribution in [-0.2, 0) is 9.59 Å². The van der Waals surface area contributed by atoms with Crippen LogP contribution in [0.2, 0.25) is 0 Å². The maximum atomic E-state index is 11.5. The Labute approximate surface area is 97.3 Å². The third-order valence-corrected chi connectivity index (χ3v) is 2.04. The standard InChI is InChI=1S/C12H9NO4/c13-7-8-1-3-9(4-2-8)11(15)5-10(14)6-12(16)17/h1-4H,5-6H2,(H,16,17). The molecular weight excluding hydrogens is 222 g/mol. The second kappa shape index (κ2) is 5.56. The number of carboxylic acid groups (broad SMARTS) is 1. The van der Waals surface area contributed by atoms with Crippen LogP contribution in [-0.4, -0.2) is 22.6 Å². The molecule has 0 atom stereocenters. The Morgan fingerprint density at radius 3 is 2.18 bits per heavy atom. The summed E-state index contributed by atoms with van der Waals surface area (Å²) in [4.78, 5) is 32.9. The zero-order chi connectivity index (χ0) is 12.8. The number of carbonyl (C=O) groups is 3. The summed E-state index contributed by atoms with van der Waals surface area (Å²) in [7, 11) is 0. The largest absolute Gasteiger partial charge is 0.481 e. The average molecular weight is 231 g/mol. The van der Waals surface area contributed by atoms with Crippen LogP contribution in [0.5, 0.6) is 0 Å². The van der Waals surface area contributed by atoms with E-state index in [1.165, 1.54) is 24.3 Å². The molecule has 0 aromatic heterocycles. The number of hydrogen-bond acceptors (Lipinski definition) is 4. The van der Waals surface area contributed by atoms with E-state index in [-0.39, 0.29) is 0 Å². The Bertz CT molecular complexity index is 496. The zero-order valence-corrected chi connectivity index (χ0v) is 8.84. The van der Waals surface area contributed by atoms with Gasteiger partial charge in [0.1, 0.15) is 6.42 Å². The van der Waals surface area contributed by atoms with Crippen LogP contribution in [0.1, 0.15) is 28.8 Å². The van der Waals surface area contributed by atoms with Crippen molar-refractivity contribution >= 4 is 17.5 Å². The number of rotatable bonds is 5. The Morgan fingerprint density at radius 1 is 1.12 bits per heavy atom. The third-order valence-electron chi connectivity index (χ3n) is 2.04. The molecule has 0 aliphatic rings. The molecule has 0 bridgehead atoms. The van der Waals surface area contributed by atoms with Crippen molar-refractivity contribution in [3.05, 3.63) is 35.4 Å². The van der Waals surface area contributed by atoms with Gasteiger partial charge in [-0.05, 0) is 12.1 Å². The van der Waals surface area contributed by atoms with Crippen molar-refractivity contribution in [3.8, 4) is 6.07 Å². The minimum atomic E-state index is -1.25. The molecule has 86 valence electrons. The number of nitrogens with zero attached hydrogens (tertiary/aromatic N) is 1. The van der Waals surface area contributed by atoms with E-state index in [1.54, 1.807) is 0 Å². The monoisotopic (exact) mass is 231 g/mol. The van der Waals surface area contributed by atoms with Crippen molar-refractivity contribution in [1.82, 2.24) is 0 Å². The normalized spacial score (nSPS) is 9.35. The predicted molar refractivity (Wildman–Crippen MR) is 57.4 cm³/mol. The molecule has 1 aromatic rings. The fraction of sp³-hybridized carbons (Fsp3) is 0.167. The lowest BCUT2D eigenvalue weighted by Gasteiger charge is -1.99. The summed E-state index contributed by atoms with van der Waals surface area (Å²) in [5.41, 5.74) is 0.709. The van der Waals surface area contributed by atoms with Gasteiger partial charge in [0.05, 0.1) is 18.1 Å². The van der Waals surface area contributed by atoms with Crippen LogP contribution in [0.3, 0.4) is 0 Å². The fourth-order valence-corrected chi connectivity index (χ4v) is 1.24. The molecular formula is C12H9NO4. The molecule has 0 saturated heterocycles. The van der Waals surface area contributed by atoms with Crippen LogP contribution in [0, 0.1) is 11.3 Å². The highest BCUT2D eigenvalue weighted by atomic mass is 16.4. The van der Waals surface area contributed by atoms with Gasteiger partial charge >= 0.3 is 5.97 Å². The van der Waals surface area contributed by atoms with Gasteiger partial charge < -0.3 is 5.11 Å². The van der Waals surface area contributed by atoms with Gasteiger partial charge in [-0.15, -0.1) is 0 Å². The molecule has 0 unspecified atom stereocenters. The molecule has 1 aromatic carbocycles. The van der Waals surface area contributed by atoms with E-state index in [1.807, 2.05) is 6.07 Å². The van der Waals surface area contributed by atoms with Crippen molar-refractivity contribution in [3.63, 3.8) is 0 Å². The second-order valence-corrected chi connectivity index (χ2v) is 3.40. The lowest BCUT2D eigenvalue weighted by molar-refractivity contribution is -0.139. The summed E-state index contributed by atoms with van der Waals surface area (Å²) in [5, 5.41) is 16.9. The maximum absolute atomic E-state index is 11.5. The van der Waals surface area contributed by atoms with Gasteiger partial charge in [0.2, 0.25) is 0 Å². The summed E-state index contributed by atoms with van der Waals surface area (Å²) in [6.07, 6.45) is -1.08. The molecule has 0 amide bonds. The Hall–Kier alpha value is -2.48. The highest BCUT2D eigenvalue weighted by Gasteiger charge is 2.14. The molecule has 0 fully saturated rings. The Kier molecular flexibility index (Phi) is 4.12. The molecule has 0 radical (unpaired) electrons. The van der Waals surface area contributed by atoms with E-state index in [0.29, 0.717) is 11.1 Å². The van der Waals surface area contributed by atoms with Crippen LogP contribution < -0.4 is 0 Å². The third kappa shape index (κ3) is 3.87. The number of carboxylic acids is 1. The van der Waals surface area contributed by atoms with Crippen molar-refractivity contribution < 1.29 is 19.5 Å². The van der Waals surface area contributed by atoms with E-state index in [9.17, 15) is 14.4 Å². The van der Waals surface area contributed by atoms with Crippen LogP contribution in [0.25, 0.3) is 0 Å². The van der Waals surface area contributed by atoms with Crippen LogP contribution in [0.15, 0.2) is 24.3 Å². The predicted octanol–water partition coefficient (Wildman–Crippen LogP) is 1.17. The van der Waals surface area contributed by atoms with Gasteiger partial charge in [-0.25, -0.2) is 0 Å². The number of nitriles is 1. The summed E-state index contributed by atoms with van der Waals surface area (Å²) >= 11 is 0. The highest BCUT2D eigenvalue weighted by Crippen LogP contribution is 2.07. The summed E-state index contributed by atoms with van der Waals surface area (Å²) in [6.45, 7) is 0. The number of aliphatic carboxylic acids is 1. The van der Waals surface area contributed by atoms with E-state index in [2.05, 4.69) is 0 Å². The first-order valence-electron chi connectivity index (χ1n) is 4.80. The summed E-state index contributed by atoms with van der Waals surface area (Å²) in [5.74, 6) is -2.32. The van der Waals surface area contributed by atoms with Gasteiger partial charge in [0, 0.05) is 5.56 Å². The Morgan fingerprint density at radius 2 is 1.71 bits per heavy atom. The number of carbonyl (C=O) groups excluding carboxylic acids is 2. The Balaban J connectivity index is 2.67.